The summed E-state index contributed by atoms with van der Waals surface area (Å²) in [5.74, 6) is -1.72. The van der Waals surface area contributed by atoms with Gasteiger partial charge in [0.05, 0.1) is 0 Å². The maximum atomic E-state index is 9.13. The van der Waals surface area contributed by atoms with Crippen molar-refractivity contribution >= 4 is 35.1 Å². The van der Waals surface area contributed by atoms with Crippen molar-refractivity contribution in [2.75, 3.05) is 0 Å². The van der Waals surface area contributed by atoms with E-state index in [0.29, 0.717) is 10.8 Å². The standard InChI is InChI=1S/2C26H31.C2H7Si.2ClH.Zr/c2*1-5-13-26(14-15-26)18-19-16-21-7-6-8-23(24(21)17-19)20-9-11-22(12-10-20)25(2,3)4;1-3-2;;;/h2*6-12,16-17H,5,13-15,18H2,1-4H3;3H,1-2H3;2*1H;/q;;;;;+2/p-2. The molecule has 0 bridgehead atoms. The Morgan fingerprint density at radius 3 is 1.22 bits per heavy atom. The summed E-state index contributed by atoms with van der Waals surface area (Å²) < 4.78 is 0.231. The molecule has 4 aliphatic carbocycles. The van der Waals surface area contributed by atoms with Crippen LogP contribution in [0.1, 0.15) is 160 Å². The van der Waals surface area contributed by atoms with Gasteiger partial charge in [-0.25, -0.2) is 0 Å². The van der Waals surface area contributed by atoms with Gasteiger partial charge >= 0.3 is 364 Å². The van der Waals surface area contributed by atoms with Crippen LogP contribution in [0.3, 0.4) is 0 Å². The number of benzene rings is 4. The Kier molecular flexibility index (Phi) is 11.2. The number of fused-ring (bicyclic) bond motifs is 2. The average Bonchev–Trinajstić information content (AvgIpc) is 4.03. The van der Waals surface area contributed by atoms with Crippen molar-refractivity contribution in [3.05, 3.63) is 129 Å². The summed E-state index contributed by atoms with van der Waals surface area (Å²) in [5.41, 5.74) is 17.7. The van der Waals surface area contributed by atoms with Crippen molar-refractivity contribution in [3.8, 4) is 22.3 Å². The van der Waals surface area contributed by atoms with E-state index in [0.717, 1.165) is 12.8 Å². The zero-order valence-corrected chi connectivity index (χ0v) is 42.4. The van der Waals surface area contributed by atoms with Crippen molar-refractivity contribution in [1.29, 1.82) is 0 Å². The summed E-state index contributed by atoms with van der Waals surface area (Å²) in [6.07, 6.45) is 17.9. The van der Waals surface area contributed by atoms with E-state index in [1.54, 1.807) is 11.1 Å². The van der Waals surface area contributed by atoms with Crippen LogP contribution in [0.25, 0.3) is 34.4 Å². The predicted molar refractivity (Wildman–Crippen MR) is 256 cm³/mol. The van der Waals surface area contributed by atoms with Gasteiger partial charge in [-0.1, -0.05) is 0 Å². The zero-order chi connectivity index (χ0) is 41.5. The second-order valence-corrected chi connectivity index (χ2v) is 64.3. The van der Waals surface area contributed by atoms with Gasteiger partial charge < -0.3 is 0 Å². The predicted octanol–water partition coefficient (Wildman–Crippen LogP) is 17.1. The number of halogens is 2. The van der Waals surface area contributed by atoms with E-state index >= 15 is 0 Å². The molecule has 0 N–H and O–H groups in total. The number of rotatable bonds is 13. The van der Waals surface area contributed by atoms with Crippen LogP contribution in [0.5, 0.6) is 0 Å². The molecule has 0 saturated heterocycles. The SMILES string of the molecule is CCCC1(CC2=Cc3c(-c4ccc(C(C)(C)C)cc4)cccc3[CH]2[Zr]([Cl])([Cl])([CH]2C(CC3(CCC)CC3)=Cc3c(-c4ccc(C(C)(C)C)cc4)cccc32)[SiH](C)C)CC1. The molecule has 2 fully saturated rings. The molecule has 2 saturated carbocycles. The Labute approximate surface area is 361 Å². The normalized spacial score (nSPS) is 21.2. The molecule has 0 radical (unpaired) electrons. The summed E-state index contributed by atoms with van der Waals surface area (Å²) in [6.45, 7) is 23.6. The molecule has 4 heteroatoms. The molecule has 0 aromatic heterocycles. The summed E-state index contributed by atoms with van der Waals surface area (Å²) >= 11 is -5.03. The van der Waals surface area contributed by atoms with Crippen molar-refractivity contribution < 1.29 is 15.6 Å². The molecule has 0 heterocycles. The van der Waals surface area contributed by atoms with Crippen molar-refractivity contribution in [3.63, 3.8) is 0 Å². The van der Waals surface area contributed by atoms with Gasteiger partial charge in [-0.2, -0.15) is 0 Å². The third-order valence-electron chi connectivity index (χ3n) is 15.3. The summed E-state index contributed by atoms with van der Waals surface area (Å²) in [5, 5.41) is 0. The van der Waals surface area contributed by atoms with Crippen LogP contribution in [0.2, 0.25) is 13.1 Å². The van der Waals surface area contributed by atoms with Gasteiger partial charge in [0.1, 0.15) is 0 Å². The van der Waals surface area contributed by atoms with Gasteiger partial charge in [0, 0.05) is 0 Å². The summed E-state index contributed by atoms with van der Waals surface area (Å²) in [4.78, 5) is 0. The average molecular weight is 908 g/mol. The summed E-state index contributed by atoms with van der Waals surface area (Å²) in [7, 11) is 18.3. The van der Waals surface area contributed by atoms with Crippen LogP contribution in [0.4, 0.5) is 0 Å². The van der Waals surface area contributed by atoms with Gasteiger partial charge in [-0.05, 0) is 0 Å². The molecule has 0 amide bonds. The number of hydrogen-bond acceptors (Lipinski definition) is 0. The summed E-state index contributed by atoms with van der Waals surface area (Å²) in [6, 6.07) is 33.0. The number of allylic oxidation sites excluding steroid dienone is 2. The monoisotopic (exact) mass is 905 g/mol. The van der Waals surface area contributed by atoms with E-state index in [-0.39, 0.29) is 18.1 Å². The minimum absolute atomic E-state index is 0.113. The van der Waals surface area contributed by atoms with Gasteiger partial charge in [0.2, 0.25) is 0 Å². The van der Waals surface area contributed by atoms with Crippen molar-refractivity contribution in [1.82, 2.24) is 0 Å². The second kappa shape index (κ2) is 15.1. The first-order valence-corrected chi connectivity index (χ1v) is 39.1. The molecule has 2 unspecified atom stereocenters. The molecule has 8 rings (SSSR count). The Morgan fingerprint density at radius 2 is 0.931 bits per heavy atom. The Balaban J connectivity index is 1.33. The van der Waals surface area contributed by atoms with E-state index in [4.69, 9.17) is 17.0 Å². The van der Waals surface area contributed by atoms with Crippen LogP contribution in [-0.2, 0) is 26.4 Å². The first-order valence-electron chi connectivity index (χ1n) is 22.8. The van der Waals surface area contributed by atoms with Gasteiger partial charge in [-0.15, -0.1) is 0 Å². The first-order chi connectivity index (χ1) is 27.3. The molecule has 4 aromatic rings. The fraction of sp³-hybridized carbons (Fsp3) is 0.481. The van der Waals surface area contributed by atoms with Gasteiger partial charge in [-0.3, -0.25) is 0 Å². The van der Waals surface area contributed by atoms with E-state index in [9.17, 15) is 0 Å². The topological polar surface area (TPSA) is 0 Å². The number of hydrogen-bond donors (Lipinski definition) is 0. The molecular formula is C54H69Cl2SiZr. The Morgan fingerprint density at radius 1 is 0.569 bits per heavy atom. The second-order valence-electron chi connectivity index (χ2n) is 21.8. The van der Waals surface area contributed by atoms with Crippen LogP contribution in [0, 0.1) is 10.8 Å². The van der Waals surface area contributed by atoms with Crippen LogP contribution < -0.4 is 0 Å². The fourth-order valence-electron chi connectivity index (χ4n) is 11.5. The van der Waals surface area contributed by atoms with Crippen LogP contribution in [-0.4, -0.2) is 5.92 Å². The van der Waals surface area contributed by atoms with E-state index in [1.807, 2.05) is 0 Å². The maximum absolute atomic E-state index is 9.13. The molecule has 0 aliphatic heterocycles. The van der Waals surface area contributed by atoms with Gasteiger partial charge in [0.25, 0.3) is 0 Å². The zero-order valence-electron chi connectivity index (χ0n) is 37.3. The van der Waals surface area contributed by atoms with Gasteiger partial charge in [0.15, 0.2) is 0 Å². The van der Waals surface area contributed by atoms with Crippen molar-refractivity contribution in [2.45, 2.75) is 151 Å². The quantitative estimate of drug-likeness (QED) is 0.117. The molecule has 307 valence electrons. The van der Waals surface area contributed by atoms with E-state index in [2.05, 4.69) is 166 Å². The van der Waals surface area contributed by atoms with E-state index < -0.39 is 21.5 Å². The molecule has 0 nitrogen and oxygen atoms in total. The van der Waals surface area contributed by atoms with Crippen LogP contribution >= 0.6 is 17.0 Å². The third-order valence-corrected chi connectivity index (χ3v) is 67.1. The molecule has 0 spiro atoms. The molecule has 58 heavy (non-hydrogen) atoms. The Bertz CT molecular complexity index is 2100. The minimum atomic E-state index is -5.03. The van der Waals surface area contributed by atoms with E-state index in [1.165, 1.54) is 107 Å². The molecule has 4 aliphatic rings. The van der Waals surface area contributed by atoms with Crippen LogP contribution in [0.15, 0.2) is 96.1 Å². The first kappa shape index (κ1) is 42.7. The molecular weight excluding hydrogens is 839 g/mol. The fourth-order valence-corrected chi connectivity index (χ4v) is 42.8. The Hall–Kier alpha value is -1.96. The molecule has 4 aromatic carbocycles. The van der Waals surface area contributed by atoms with Crippen molar-refractivity contribution in [2.24, 2.45) is 10.8 Å². The molecule has 2 atom stereocenters. The third kappa shape index (κ3) is 7.54.